The Labute approximate surface area is 40.6 Å². The highest BCUT2D eigenvalue weighted by Gasteiger charge is 2.17. The summed E-state index contributed by atoms with van der Waals surface area (Å²) < 4.78 is 0. The predicted molar refractivity (Wildman–Crippen MR) is 29.7 cm³/mol. The standard InChI is InChI=1S/C5H10.CH4/c1-2-5-3-4-5;/h5H,2-4H2,1H3;1H4. The highest BCUT2D eigenvalue weighted by Crippen LogP contribution is 2.31. The molecule has 1 aliphatic rings. The Hall–Kier alpha value is 0. The van der Waals surface area contributed by atoms with Crippen molar-refractivity contribution in [3.8, 4) is 0 Å². The Bertz CT molecular complexity index is 27.0. The molecule has 0 aliphatic heterocycles. The summed E-state index contributed by atoms with van der Waals surface area (Å²) in [5.74, 6) is 1.13. The van der Waals surface area contributed by atoms with E-state index in [1.54, 1.807) is 0 Å². The second-order valence-corrected chi connectivity index (χ2v) is 1.85. The van der Waals surface area contributed by atoms with E-state index in [0.29, 0.717) is 0 Å². The average Bonchev–Trinajstić information content (AvgIpc) is 2.12. The van der Waals surface area contributed by atoms with Crippen molar-refractivity contribution in [3.05, 3.63) is 0 Å². The highest BCUT2D eigenvalue weighted by atomic mass is 14.2. The van der Waals surface area contributed by atoms with Crippen molar-refractivity contribution in [2.45, 2.75) is 33.6 Å². The monoisotopic (exact) mass is 86.1 g/mol. The summed E-state index contributed by atoms with van der Waals surface area (Å²) in [7, 11) is 0. The second-order valence-electron chi connectivity index (χ2n) is 1.85. The summed E-state index contributed by atoms with van der Waals surface area (Å²) in [4.78, 5) is 0. The van der Waals surface area contributed by atoms with E-state index in [2.05, 4.69) is 6.92 Å². The molecule has 0 bridgehead atoms. The summed E-state index contributed by atoms with van der Waals surface area (Å²) in [5, 5.41) is 0. The Morgan fingerprint density at radius 3 is 2.00 bits per heavy atom. The first-order chi connectivity index (χ1) is 2.43. The van der Waals surface area contributed by atoms with Gasteiger partial charge in [0.15, 0.2) is 0 Å². The highest BCUT2D eigenvalue weighted by molar-refractivity contribution is 4.69. The molecule has 1 fully saturated rings. The molecule has 0 nitrogen and oxygen atoms in total. The molecule has 6 heavy (non-hydrogen) atoms. The van der Waals surface area contributed by atoms with Crippen LogP contribution < -0.4 is 0 Å². The van der Waals surface area contributed by atoms with Crippen molar-refractivity contribution in [2.75, 3.05) is 0 Å². The Kier molecular flexibility index (Phi) is 2.22. The van der Waals surface area contributed by atoms with Gasteiger partial charge in [-0.1, -0.05) is 33.6 Å². The van der Waals surface area contributed by atoms with Crippen molar-refractivity contribution < 1.29 is 0 Å². The molecule has 0 aromatic heterocycles. The molecule has 0 N–H and O–H groups in total. The van der Waals surface area contributed by atoms with Crippen LogP contribution in [0.5, 0.6) is 0 Å². The summed E-state index contributed by atoms with van der Waals surface area (Å²) in [6, 6.07) is 0. The van der Waals surface area contributed by atoms with E-state index in [-0.39, 0.29) is 7.43 Å². The minimum Gasteiger partial charge on any atom is -0.0776 e. The zero-order valence-corrected chi connectivity index (χ0v) is 3.70. The van der Waals surface area contributed by atoms with Crippen LogP contribution in [0.25, 0.3) is 0 Å². The van der Waals surface area contributed by atoms with Crippen LogP contribution in [0.4, 0.5) is 0 Å². The van der Waals surface area contributed by atoms with Crippen LogP contribution in [0.2, 0.25) is 0 Å². The van der Waals surface area contributed by atoms with Crippen LogP contribution in [0.1, 0.15) is 33.6 Å². The van der Waals surface area contributed by atoms with Gasteiger partial charge in [-0.3, -0.25) is 0 Å². The summed E-state index contributed by atoms with van der Waals surface area (Å²) in [5.41, 5.74) is 0. The summed E-state index contributed by atoms with van der Waals surface area (Å²) in [6.07, 6.45) is 4.44. The summed E-state index contributed by atoms with van der Waals surface area (Å²) >= 11 is 0. The van der Waals surface area contributed by atoms with Crippen molar-refractivity contribution in [1.82, 2.24) is 0 Å². The van der Waals surface area contributed by atoms with Crippen LogP contribution in [0.3, 0.4) is 0 Å². The van der Waals surface area contributed by atoms with Gasteiger partial charge in [-0.25, -0.2) is 0 Å². The number of hydrogen-bond acceptors (Lipinski definition) is 0. The molecule has 1 aliphatic carbocycles. The van der Waals surface area contributed by atoms with Crippen LogP contribution in [0, 0.1) is 5.92 Å². The SMILES string of the molecule is C.CCC1CC1. The fourth-order valence-electron chi connectivity index (χ4n) is 0.526. The minimum atomic E-state index is 0. The maximum Gasteiger partial charge on any atom is -0.0417 e. The Morgan fingerprint density at radius 1 is 1.50 bits per heavy atom. The molecule has 38 valence electrons. The van der Waals surface area contributed by atoms with E-state index < -0.39 is 0 Å². The molecule has 1 saturated carbocycles. The van der Waals surface area contributed by atoms with E-state index in [4.69, 9.17) is 0 Å². The molecule has 1 rings (SSSR count). The van der Waals surface area contributed by atoms with Gasteiger partial charge in [0.2, 0.25) is 0 Å². The van der Waals surface area contributed by atoms with Gasteiger partial charge in [-0.05, 0) is 5.92 Å². The Balaban J connectivity index is 0.000000250. The molecule has 0 saturated heterocycles. The fourth-order valence-corrected chi connectivity index (χ4v) is 0.526. The zero-order chi connectivity index (χ0) is 3.70. The molecule has 0 aromatic rings. The van der Waals surface area contributed by atoms with E-state index in [9.17, 15) is 0 Å². The molecule has 0 heterocycles. The lowest BCUT2D eigenvalue weighted by atomic mass is 10.3. The van der Waals surface area contributed by atoms with Gasteiger partial charge in [-0.15, -0.1) is 0 Å². The van der Waals surface area contributed by atoms with Gasteiger partial charge in [0.1, 0.15) is 0 Å². The predicted octanol–water partition coefficient (Wildman–Crippen LogP) is 2.44. The molecule has 0 heteroatoms. The molecular weight excluding hydrogens is 72.1 g/mol. The van der Waals surface area contributed by atoms with Gasteiger partial charge in [0.05, 0.1) is 0 Å². The van der Waals surface area contributed by atoms with Crippen molar-refractivity contribution >= 4 is 0 Å². The third-order valence-electron chi connectivity index (χ3n) is 1.27. The first kappa shape index (κ1) is 6.00. The van der Waals surface area contributed by atoms with Gasteiger partial charge in [0.25, 0.3) is 0 Å². The lowest BCUT2D eigenvalue weighted by molar-refractivity contribution is 0.799. The van der Waals surface area contributed by atoms with Crippen LogP contribution in [0.15, 0.2) is 0 Å². The van der Waals surface area contributed by atoms with Gasteiger partial charge >= 0.3 is 0 Å². The van der Waals surface area contributed by atoms with Gasteiger partial charge in [-0.2, -0.15) is 0 Å². The van der Waals surface area contributed by atoms with Gasteiger partial charge in [0, 0.05) is 0 Å². The number of hydrogen-bond donors (Lipinski definition) is 0. The lowest BCUT2D eigenvalue weighted by Gasteiger charge is -1.72. The van der Waals surface area contributed by atoms with Crippen molar-refractivity contribution in [2.24, 2.45) is 5.92 Å². The van der Waals surface area contributed by atoms with E-state index >= 15 is 0 Å². The molecule has 0 unspecified atom stereocenters. The van der Waals surface area contributed by atoms with E-state index in [1.807, 2.05) is 0 Å². The minimum absolute atomic E-state index is 0. The first-order valence-electron chi connectivity index (χ1n) is 2.43. The third-order valence-corrected chi connectivity index (χ3v) is 1.27. The molecule has 0 atom stereocenters. The normalized spacial score (nSPS) is 19.5. The number of rotatable bonds is 1. The quantitative estimate of drug-likeness (QED) is 0.459. The van der Waals surface area contributed by atoms with Crippen LogP contribution in [-0.2, 0) is 0 Å². The van der Waals surface area contributed by atoms with E-state index in [1.165, 1.54) is 19.3 Å². The third kappa shape index (κ3) is 1.44. The average molecular weight is 86.2 g/mol. The molecule has 0 aromatic carbocycles. The Morgan fingerprint density at radius 2 is 2.00 bits per heavy atom. The maximum atomic E-state index is 2.26. The smallest absolute Gasteiger partial charge is 0.0417 e. The fraction of sp³-hybridized carbons (Fsp3) is 1.00. The first-order valence-corrected chi connectivity index (χ1v) is 2.43. The topological polar surface area (TPSA) is 0 Å². The van der Waals surface area contributed by atoms with Crippen LogP contribution >= 0.6 is 0 Å². The zero-order valence-electron chi connectivity index (χ0n) is 3.70. The molecule has 0 radical (unpaired) electrons. The van der Waals surface area contributed by atoms with Crippen molar-refractivity contribution in [1.29, 1.82) is 0 Å². The maximum absolute atomic E-state index is 2.26. The molecular formula is C6H14. The second kappa shape index (κ2) is 2.22. The van der Waals surface area contributed by atoms with Crippen LogP contribution in [-0.4, -0.2) is 0 Å². The largest absolute Gasteiger partial charge is 0.0776 e. The van der Waals surface area contributed by atoms with Crippen molar-refractivity contribution in [3.63, 3.8) is 0 Å². The molecule has 0 amide bonds. The molecule has 0 spiro atoms. The van der Waals surface area contributed by atoms with Gasteiger partial charge < -0.3 is 0 Å². The summed E-state index contributed by atoms with van der Waals surface area (Å²) in [6.45, 7) is 2.26. The van der Waals surface area contributed by atoms with E-state index in [0.717, 1.165) is 5.92 Å². The lowest BCUT2D eigenvalue weighted by Crippen LogP contribution is -1.59.